The van der Waals surface area contributed by atoms with Crippen LogP contribution in [-0.2, 0) is 48.6 Å². The summed E-state index contributed by atoms with van der Waals surface area (Å²) >= 11 is 0. The van der Waals surface area contributed by atoms with E-state index in [9.17, 15) is 9.59 Å². The zero-order chi connectivity index (χ0) is 42.0. The third-order valence-electron chi connectivity index (χ3n) is 10.8. The summed E-state index contributed by atoms with van der Waals surface area (Å²) in [7, 11) is 6.56. The number of benzene rings is 2. The van der Waals surface area contributed by atoms with Gasteiger partial charge in [0.05, 0.1) is 40.5 Å². The van der Waals surface area contributed by atoms with Crippen molar-refractivity contribution in [2.45, 2.75) is 92.6 Å². The third-order valence-corrected chi connectivity index (χ3v) is 10.8. The highest BCUT2D eigenvalue weighted by molar-refractivity contribution is 5.83. The molecule has 2 amide bonds. The highest BCUT2D eigenvalue weighted by Crippen LogP contribution is 2.35. The number of hydrogen-bond acceptors (Lipinski definition) is 10. The van der Waals surface area contributed by atoms with E-state index >= 15 is 0 Å². The van der Waals surface area contributed by atoms with Gasteiger partial charge in [-0.25, -0.2) is 0 Å². The Labute approximate surface area is 344 Å². The Kier molecular flexibility index (Phi) is 14.8. The van der Waals surface area contributed by atoms with E-state index in [0.717, 1.165) is 46.6 Å². The van der Waals surface area contributed by atoms with Crippen molar-refractivity contribution in [3.05, 3.63) is 107 Å². The predicted molar refractivity (Wildman–Crippen MR) is 226 cm³/mol. The van der Waals surface area contributed by atoms with E-state index in [1.54, 1.807) is 53.2 Å². The topological polar surface area (TPSA) is 127 Å². The average molecular weight is 795 g/mol. The van der Waals surface area contributed by atoms with Gasteiger partial charge in [-0.05, 0) is 106 Å². The number of ether oxygens (including phenoxy) is 4. The van der Waals surface area contributed by atoms with Crippen molar-refractivity contribution in [1.82, 2.24) is 30.4 Å². The molecule has 12 nitrogen and oxygen atoms in total. The maximum atomic E-state index is 13.4. The largest absolute Gasteiger partial charge is 0.493 e. The minimum absolute atomic E-state index is 0.131. The molecule has 2 aromatic heterocycles. The Morgan fingerprint density at radius 2 is 0.879 bits per heavy atom. The first-order valence-corrected chi connectivity index (χ1v) is 20.0. The number of methoxy groups -OCH3 is 4. The summed E-state index contributed by atoms with van der Waals surface area (Å²) in [6.45, 7) is 16.4. The van der Waals surface area contributed by atoms with Gasteiger partial charge in [0.25, 0.3) is 0 Å². The molecule has 2 N–H and O–H groups in total. The van der Waals surface area contributed by atoms with Crippen LogP contribution in [0.3, 0.4) is 0 Å². The zero-order valence-corrected chi connectivity index (χ0v) is 36.0. The van der Waals surface area contributed by atoms with Crippen molar-refractivity contribution in [3.8, 4) is 23.0 Å². The fraction of sp³-hybridized carbons (Fsp3) is 0.478. The molecule has 2 aromatic carbocycles. The van der Waals surface area contributed by atoms with Crippen LogP contribution in [-0.4, -0.2) is 85.2 Å². The van der Waals surface area contributed by atoms with Crippen molar-refractivity contribution in [1.29, 1.82) is 0 Å². The van der Waals surface area contributed by atoms with E-state index in [1.807, 2.05) is 58.3 Å². The molecule has 6 rings (SSSR count). The van der Waals surface area contributed by atoms with Gasteiger partial charge < -0.3 is 39.4 Å². The normalized spacial score (nSPS) is 14.9. The van der Waals surface area contributed by atoms with Gasteiger partial charge in [0.15, 0.2) is 23.0 Å². The number of nitrogens with zero attached hydrogens (tertiary/aromatic N) is 4. The Balaban J connectivity index is 0.000000221. The van der Waals surface area contributed by atoms with Crippen LogP contribution in [0.15, 0.2) is 73.3 Å². The first-order chi connectivity index (χ1) is 27.7. The summed E-state index contributed by atoms with van der Waals surface area (Å²) in [4.78, 5) is 38.9. The molecule has 2 aliphatic heterocycles. The molecule has 0 fully saturated rings. The number of pyridine rings is 2. The van der Waals surface area contributed by atoms with E-state index in [1.165, 1.54) is 11.1 Å². The van der Waals surface area contributed by atoms with Crippen molar-refractivity contribution in [2.24, 2.45) is 10.8 Å². The van der Waals surface area contributed by atoms with Crippen LogP contribution in [0.5, 0.6) is 23.0 Å². The van der Waals surface area contributed by atoms with Crippen LogP contribution in [0, 0.1) is 10.8 Å². The van der Waals surface area contributed by atoms with E-state index in [0.29, 0.717) is 50.8 Å². The van der Waals surface area contributed by atoms with Gasteiger partial charge in [-0.3, -0.25) is 19.6 Å². The number of amides is 2. The molecular weight excluding hydrogens is 733 g/mol. The van der Waals surface area contributed by atoms with E-state index < -0.39 is 0 Å². The van der Waals surface area contributed by atoms with Crippen molar-refractivity contribution in [2.75, 3.05) is 41.5 Å². The van der Waals surface area contributed by atoms with Crippen LogP contribution in [0.4, 0.5) is 0 Å². The Morgan fingerprint density at radius 3 is 1.17 bits per heavy atom. The third kappa shape index (κ3) is 11.0. The minimum atomic E-state index is -0.280. The van der Waals surface area contributed by atoms with Crippen LogP contribution in [0.2, 0.25) is 0 Å². The maximum absolute atomic E-state index is 13.4. The van der Waals surface area contributed by atoms with Crippen LogP contribution >= 0.6 is 0 Å². The van der Waals surface area contributed by atoms with Gasteiger partial charge in [0.1, 0.15) is 0 Å². The van der Waals surface area contributed by atoms with Gasteiger partial charge in [-0.2, -0.15) is 0 Å². The van der Waals surface area contributed by atoms with Gasteiger partial charge >= 0.3 is 0 Å². The predicted octanol–water partition coefficient (Wildman–Crippen LogP) is 6.38. The number of carbonyl (C=O) groups is 2. The summed E-state index contributed by atoms with van der Waals surface area (Å²) in [5.41, 5.74) is 6.47. The molecule has 12 heteroatoms. The smallest absolute Gasteiger partial charge is 0.240 e. The standard InChI is InChI=1S/2C23H31N3O3/c2*1-23(2,3)21(25-14-16-6-9-24-10-7-16)22(27)26-11-8-17-12-19(28-4)20(29-5)13-18(17)15-26/h2*6-7,9-10,12-13,21,25H,8,11,14-15H2,1-5H3/t2*21-/m11/s1. The minimum Gasteiger partial charge on any atom is -0.493 e. The second-order valence-electron chi connectivity index (χ2n) is 17.0. The highest BCUT2D eigenvalue weighted by Gasteiger charge is 2.37. The summed E-state index contributed by atoms with van der Waals surface area (Å²) < 4.78 is 21.7. The molecule has 0 aliphatic carbocycles. The van der Waals surface area contributed by atoms with Crippen LogP contribution in [0.25, 0.3) is 0 Å². The van der Waals surface area contributed by atoms with Gasteiger partial charge in [-0.15, -0.1) is 0 Å². The monoisotopic (exact) mass is 794 g/mol. The van der Waals surface area contributed by atoms with Gasteiger partial charge in [0.2, 0.25) is 11.8 Å². The number of nitrogens with one attached hydrogen (secondary N) is 2. The maximum Gasteiger partial charge on any atom is 0.240 e. The molecule has 0 saturated heterocycles. The molecule has 312 valence electrons. The molecule has 4 heterocycles. The number of fused-ring (bicyclic) bond motifs is 2. The van der Waals surface area contributed by atoms with Crippen LogP contribution < -0.4 is 29.6 Å². The fourth-order valence-corrected chi connectivity index (χ4v) is 7.48. The zero-order valence-electron chi connectivity index (χ0n) is 36.0. The second kappa shape index (κ2) is 19.5. The molecule has 58 heavy (non-hydrogen) atoms. The first-order valence-electron chi connectivity index (χ1n) is 20.0. The van der Waals surface area contributed by atoms with E-state index in [2.05, 4.69) is 62.1 Å². The summed E-state index contributed by atoms with van der Waals surface area (Å²) in [5, 5.41) is 6.95. The number of carbonyl (C=O) groups excluding carboxylic acids is 2. The van der Waals surface area contributed by atoms with Gasteiger partial charge in [-0.1, -0.05) is 41.5 Å². The molecule has 0 radical (unpaired) electrons. The molecule has 4 aromatic rings. The van der Waals surface area contributed by atoms with Gasteiger partial charge in [0, 0.05) is 64.1 Å². The molecule has 0 unspecified atom stereocenters. The molecular formula is C46H62N6O6. The first kappa shape index (κ1) is 43.9. The quantitative estimate of drug-likeness (QED) is 0.167. The summed E-state index contributed by atoms with van der Waals surface area (Å²) in [5.74, 6) is 3.13. The number of aromatic nitrogens is 2. The summed E-state index contributed by atoms with van der Waals surface area (Å²) in [6, 6.07) is 15.3. The SMILES string of the molecule is COc1cc2c(cc1OC)CN(C(=O)[C@@H](NCc1ccncc1)C(C)(C)C)CC2.COc1cc2c(cc1OC)CN(C(=O)[C@@H](NCc1ccncc1)C(C)(C)C)CC2. The molecule has 0 bridgehead atoms. The molecule has 2 aliphatic rings. The van der Waals surface area contributed by atoms with Crippen molar-refractivity contribution < 1.29 is 28.5 Å². The summed E-state index contributed by atoms with van der Waals surface area (Å²) in [6.07, 6.45) is 8.70. The van der Waals surface area contributed by atoms with E-state index in [-0.39, 0.29) is 34.7 Å². The Bertz CT molecular complexity index is 1840. The molecule has 0 spiro atoms. The molecule has 0 saturated carbocycles. The van der Waals surface area contributed by atoms with Crippen molar-refractivity contribution in [3.63, 3.8) is 0 Å². The Morgan fingerprint density at radius 1 is 0.569 bits per heavy atom. The van der Waals surface area contributed by atoms with E-state index in [4.69, 9.17) is 18.9 Å². The fourth-order valence-electron chi connectivity index (χ4n) is 7.48. The lowest BCUT2D eigenvalue weighted by molar-refractivity contribution is -0.138. The van der Waals surface area contributed by atoms with Crippen LogP contribution in [0.1, 0.15) is 74.9 Å². The highest BCUT2D eigenvalue weighted by atomic mass is 16.5. The lowest BCUT2D eigenvalue weighted by atomic mass is 9.85. The number of hydrogen-bond donors (Lipinski definition) is 2. The average Bonchev–Trinajstić information content (AvgIpc) is 3.22. The number of rotatable bonds is 12. The lowest BCUT2D eigenvalue weighted by Crippen LogP contribution is -2.53. The molecule has 2 atom stereocenters. The van der Waals surface area contributed by atoms with Crippen molar-refractivity contribution >= 4 is 11.8 Å². The second-order valence-corrected chi connectivity index (χ2v) is 17.0. The lowest BCUT2D eigenvalue weighted by Gasteiger charge is -2.37. The Hall–Kier alpha value is -5.20.